The van der Waals surface area contributed by atoms with E-state index < -0.39 is 18.3 Å². The van der Waals surface area contributed by atoms with Gasteiger partial charge in [-0.3, -0.25) is 4.79 Å². The minimum Gasteiger partial charge on any atom is -0.394 e. The summed E-state index contributed by atoms with van der Waals surface area (Å²) in [4.78, 5) is 14.0. The summed E-state index contributed by atoms with van der Waals surface area (Å²) >= 11 is 0. The van der Waals surface area contributed by atoms with Crippen molar-refractivity contribution in [1.82, 2.24) is 4.98 Å². The molecule has 88 valence electrons. The van der Waals surface area contributed by atoms with Gasteiger partial charge in [0.25, 0.3) is 5.56 Å². The third-order valence-electron chi connectivity index (χ3n) is 2.71. The Balaban J connectivity index is 2.23. The van der Waals surface area contributed by atoms with Gasteiger partial charge in [-0.1, -0.05) is 0 Å². The molecular weight excluding hydrogens is 212 g/mol. The number of nitrogens with two attached hydrogens (primary N) is 1. The number of nitrogens with one attached hydrogen (secondary N) is 1. The van der Waals surface area contributed by atoms with Crippen molar-refractivity contribution in [3.63, 3.8) is 0 Å². The summed E-state index contributed by atoms with van der Waals surface area (Å²) in [6.07, 6.45) is -1.55. The molecule has 5 N–H and O–H groups in total. The molecule has 0 saturated carbocycles. The molecule has 16 heavy (non-hydrogen) atoms. The van der Waals surface area contributed by atoms with Crippen molar-refractivity contribution in [1.29, 1.82) is 0 Å². The molecule has 2 rings (SSSR count). The van der Waals surface area contributed by atoms with Gasteiger partial charge >= 0.3 is 0 Å². The van der Waals surface area contributed by atoms with Crippen molar-refractivity contribution < 1.29 is 14.9 Å². The lowest BCUT2D eigenvalue weighted by Gasteiger charge is -2.11. The smallest absolute Gasteiger partial charge is 0.255 e. The molecule has 0 aromatic carbocycles. The third-order valence-corrected chi connectivity index (χ3v) is 2.71. The first-order chi connectivity index (χ1) is 7.61. The van der Waals surface area contributed by atoms with Crippen molar-refractivity contribution in [2.75, 3.05) is 12.3 Å². The van der Waals surface area contributed by atoms with E-state index in [2.05, 4.69) is 4.98 Å². The number of rotatable bonds is 2. The van der Waals surface area contributed by atoms with Gasteiger partial charge in [0.05, 0.1) is 18.8 Å². The second-order valence-electron chi connectivity index (χ2n) is 3.85. The Morgan fingerprint density at radius 3 is 2.88 bits per heavy atom. The van der Waals surface area contributed by atoms with E-state index in [1.54, 1.807) is 12.1 Å². The van der Waals surface area contributed by atoms with E-state index in [4.69, 9.17) is 15.6 Å². The van der Waals surface area contributed by atoms with Gasteiger partial charge in [-0.15, -0.1) is 0 Å². The molecule has 1 aromatic rings. The standard InChI is InChI=1S/C10H14N2O4/c11-9-2-1-5(10(15)12-9)7-3-6(14)8(4-13)16-7/h1-2,6-8,13-14H,3-4H2,(H3,11,12,15)/t6-,7-,8?/m1/s1. The summed E-state index contributed by atoms with van der Waals surface area (Å²) in [7, 11) is 0. The number of nitrogen functional groups attached to an aromatic ring is 1. The molecule has 1 aromatic heterocycles. The number of aliphatic hydroxyl groups is 2. The number of aromatic amines is 1. The average Bonchev–Trinajstić information content (AvgIpc) is 2.59. The third kappa shape index (κ3) is 1.95. The molecule has 0 bridgehead atoms. The molecule has 0 aliphatic carbocycles. The van der Waals surface area contributed by atoms with Gasteiger partial charge in [-0.25, -0.2) is 0 Å². The van der Waals surface area contributed by atoms with Gasteiger partial charge in [0.1, 0.15) is 11.9 Å². The van der Waals surface area contributed by atoms with Crippen LogP contribution in [0.25, 0.3) is 0 Å². The van der Waals surface area contributed by atoms with Crippen LogP contribution in [-0.2, 0) is 4.74 Å². The van der Waals surface area contributed by atoms with Gasteiger partial charge < -0.3 is 25.7 Å². The van der Waals surface area contributed by atoms with Crippen LogP contribution in [0.5, 0.6) is 0 Å². The Morgan fingerprint density at radius 2 is 2.31 bits per heavy atom. The van der Waals surface area contributed by atoms with Crippen molar-refractivity contribution >= 4 is 5.82 Å². The van der Waals surface area contributed by atoms with E-state index in [-0.39, 0.29) is 18.0 Å². The fourth-order valence-electron chi connectivity index (χ4n) is 1.85. The molecule has 2 heterocycles. The lowest BCUT2D eigenvalue weighted by molar-refractivity contribution is -0.0228. The summed E-state index contributed by atoms with van der Waals surface area (Å²) in [5.41, 5.74) is 5.52. The number of aliphatic hydroxyl groups excluding tert-OH is 2. The first-order valence-corrected chi connectivity index (χ1v) is 5.05. The molecule has 0 radical (unpaired) electrons. The van der Waals surface area contributed by atoms with Crippen LogP contribution in [0.2, 0.25) is 0 Å². The van der Waals surface area contributed by atoms with Gasteiger partial charge in [-0.2, -0.15) is 0 Å². The number of H-pyrrole nitrogens is 1. The highest BCUT2D eigenvalue weighted by atomic mass is 16.5. The molecule has 0 amide bonds. The topological polar surface area (TPSA) is 109 Å². The summed E-state index contributed by atoms with van der Waals surface area (Å²) in [5, 5.41) is 18.5. The van der Waals surface area contributed by atoms with E-state index in [0.717, 1.165) is 0 Å². The maximum Gasteiger partial charge on any atom is 0.255 e. The molecule has 3 atom stereocenters. The average molecular weight is 226 g/mol. The van der Waals surface area contributed by atoms with E-state index in [9.17, 15) is 9.90 Å². The first kappa shape index (κ1) is 11.1. The van der Waals surface area contributed by atoms with Gasteiger partial charge in [0, 0.05) is 12.0 Å². The quantitative estimate of drug-likeness (QED) is 0.524. The highest BCUT2D eigenvalue weighted by Gasteiger charge is 2.35. The van der Waals surface area contributed by atoms with Crippen LogP contribution >= 0.6 is 0 Å². The van der Waals surface area contributed by atoms with Gasteiger partial charge in [-0.05, 0) is 12.1 Å². The lowest BCUT2D eigenvalue weighted by Crippen LogP contribution is -2.24. The predicted octanol–water partition coefficient (Wildman–Crippen LogP) is -0.860. The molecule has 0 spiro atoms. The van der Waals surface area contributed by atoms with Crippen LogP contribution in [0, 0.1) is 0 Å². The van der Waals surface area contributed by atoms with E-state index in [1.807, 2.05) is 0 Å². The predicted molar refractivity (Wildman–Crippen MR) is 56.8 cm³/mol. The van der Waals surface area contributed by atoms with Crippen molar-refractivity contribution in [2.45, 2.75) is 24.7 Å². The van der Waals surface area contributed by atoms with Crippen LogP contribution in [-0.4, -0.2) is 34.0 Å². The van der Waals surface area contributed by atoms with Crippen LogP contribution in [0.1, 0.15) is 18.1 Å². The molecular formula is C10H14N2O4. The highest BCUT2D eigenvalue weighted by molar-refractivity contribution is 5.30. The molecule has 6 nitrogen and oxygen atoms in total. The summed E-state index contributed by atoms with van der Waals surface area (Å²) in [6, 6.07) is 3.14. The Labute approximate surface area is 91.7 Å². The Morgan fingerprint density at radius 1 is 1.56 bits per heavy atom. The number of hydrogen-bond acceptors (Lipinski definition) is 5. The summed E-state index contributed by atoms with van der Waals surface area (Å²) in [6.45, 7) is -0.259. The van der Waals surface area contributed by atoms with Crippen molar-refractivity contribution in [2.24, 2.45) is 0 Å². The fraction of sp³-hybridized carbons (Fsp3) is 0.500. The highest BCUT2D eigenvalue weighted by Crippen LogP contribution is 2.31. The lowest BCUT2D eigenvalue weighted by atomic mass is 10.1. The van der Waals surface area contributed by atoms with E-state index in [0.29, 0.717) is 12.0 Å². The molecule has 1 fully saturated rings. The minimum absolute atomic E-state index is 0.259. The van der Waals surface area contributed by atoms with Gasteiger partial charge in [0.2, 0.25) is 0 Å². The molecule has 6 heteroatoms. The SMILES string of the molecule is Nc1ccc([C@H]2C[C@@H](O)C(CO)O2)c(=O)[nH]1. The summed E-state index contributed by atoms with van der Waals surface area (Å²) < 4.78 is 5.37. The Bertz CT molecular complexity index is 431. The second kappa shape index (κ2) is 4.25. The zero-order valence-corrected chi connectivity index (χ0v) is 8.59. The molecule has 1 aliphatic rings. The first-order valence-electron chi connectivity index (χ1n) is 5.05. The monoisotopic (exact) mass is 226 g/mol. The normalized spacial score (nSPS) is 29.5. The van der Waals surface area contributed by atoms with E-state index in [1.165, 1.54) is 0 Å². The summed E-state index contributed by atoms with van der Waals surface area (Å²) in [5.74, 6) is 0.283. The van der Waals surface area contributed by atoms with Crippen LogP contribution in [0.15, 0.2) is 16.9 Å². The Kier molecular flexibility index (Phi) is 2.95. The maximum atomic E-state index is 11.6. The second-order valence-corrected chi connectivity index (χ2v) is 3.85. The number of anilines is 1. The van der Waals surface area contributed by atoms with Crippen LogP contribution in [0.3, 0.4) is 0 Å². The van der Waals surface area contributed by atoms with Crippen LogP contribution in [0.4, 0.5) is 5.82 Å². The van der Waals surface area contributed by atoms with Crippen LogP contribution < -0.4 is 11.3 Å². The number of hydrogen-bond donors (Lipinski definition) is 4. The number of pyridine rings is 1. The zero-order valence-electron chi connectivity index (χ0n) is 8.59. The minimum atomic E-state index is -0.744. The number of ether oxygens (including phenoxy) is 1. The molecule has 1 unspecified atom stereocenters. The maximum absolute atomic E-state index is 11.6. The Hall–Kier alpha value is -1.37. The molecule has 1 aliphatic heterocycles. The van der Waals surface area contributed by atoms with Crippen molar-refractivity contribution in [3.05, 3.63) is 28.0 Å². The fourth-order valence-corrected chi connectivity index (χ4v) is 1.85. The van der Waals surface area contributed by atoms with Gasteiger partial charge in [0.15, 0.2) is 0 Å². The van der Waals surface area contributed by atoms with E-state index >= 15 is 0 Å². The zero-order chi connectivity index (χ0) is 11.7. The largest absolute Gasteiger partial charge is 0.394 e. The molecule has 1 saturated heterocycles. The van der Waals surface area contributed by atoms with Crippen molar-refractivity contribution in [3.8, 4) is 0 Å². The number of aromatic nitrogens is 1.